The van der Waals surface area contributed by atoms with E-state index in [1.807, 2.05) is 31.2 Å². The molecule has 0 aliphatic heterocycles. The number of hydrogen-bond donors (Lipinski definition) is 1. The summed E-state index contributed by atoms with van der Waals surface area (Å²) in [4.78, 5) is 0. The summed E-state index contributed by atoms with van der Waals surface area (Å²) < 4.78 is 0. The molecule has 1 unspecified atom stereocenters. The monoisotopic (exact) mass is 245 g/mol. The molecule has 0 radical (unpaired) electrons. The lowest BCUT2D eigenvalue weighted by molar-refractivity contribution is 0.819. The second-order valence-corrected chi connectivity index (χ2v) is 4.75. The summed E-state index contributed by atoms with van der Waals surface area (Å²) in [6.45, 7) is 4.04. The second-order valence-electron chi connectivity index (χ2n) is 4.34. The van der Waals surface area contributed by atoms with Crippen LogP contribution in [-0.4, -0.2) is 0 Å². The molecule has 0 aliphatic carbocycles. The van der Waals surface area contributed by atoms with Crippen LogP contribution in [0.4, 0.5) is 0 Å². The molecule has 0 fully saturated rings. The van der Waals surface area contributed by atoms with Crippen LogP contribution >= 0.6 is 11.6 Å². The highest BCUT2D eigenvalue weighted by Crippen LogP contribution is 2.29. The Hall–Kier alpha value is -1.31. The molecule has 0 amide bonds. The highest BCUT2D eigenvalue weighted by atomic mass is 35.5. The van der Waals surface area contributed by atoms with Crippen molar-refractivity contribution in [3.8, 4) is 11.1 Å². The summed E-state index contributed by atoms with van der Waals surface area (Å²) in [5.41, 5.74) is 10.4. The van der Waals surface area contributed by atoms with Gasteiger partial charge in [-0.1, -0.05) is 48.0 Å². The van der Waals surface area contributed by atoms with Crippen molar-refractivity contribution in [3.63, 3.8) is 0 Å². The number of halogens is 1. The molecule has 0 bridgehead atoms. The third-order valence-electron chi connectivity index (χ3n) is 2.95. The molecule has 0 saturated heterocycles. The molecule has 0 aliphatic rings. The number of aryl methyl sites for hydroxylation is 1. The molecule has 0 heterocycles. The molecule has 0 saturated carbocycles. The third kappa shape index (κ3) is 2.51. The Kier molecular flexibility index (Phi) is 3.51. The van der Waals surface area contributed by atoms with Gasteiger partial charge in [0.2, 0.25) is 0 Å². The first-order chi connectivity index (χ1) is 8.09. The van der Waals surface area contributed by atoms with Crippen LogP contribution in [0.1, 0.15) is 24.1 Å². The normalized spacial score (nSPS) is 12.5. The fourth-order valence-corrected chi connectivity index (χ4v) is 2.31. The molecule has 2 N–H and O–H groups in total. The van der Waals surface area contributed by atoms with Crippen molar-refractivity contribution >= 4 is 11.6 Å². The summed E-state index contributed by atoms with van der Waals surface area (Å²) in [5, 5.41) is 0.737. The van der Waals surface area contributed by atoms with Crippen LogP contribution in [0.3, 0.4) is 0 Å². The van der Waals surface area contributed by atoms with Gasteiger partial charge >= 0.3 is 0 Å². The first-order valence-corrected chi connectivity index (χ1v) is 6.08. The average molecular weight is 246 g/mol. The summed E-state index contributed by atoms with van der Waals surface area (Å²) >= 11 is 6.25. The first kappa shape index (κ1) is 12.2. The molecule has 2 aromatic rings. The molecule has 0 spiro atoms. The Balaban J connectivity index is 2.49. The molecule has 0 aromatic heterocycles. The van der Waals surface area contributed by atoms with Crippen LogP contribution in [-0.2, 0) is 0 Å². The zero-order valence-corrected chi connectivity index (χ0v) is 10.8. The van der Waals surface area contributed by atoms with Crippen LogP contribution in [0.25, 0.3) is 11.1 Å². The Labute approximate surface area is 107 Å². The van der Waals surface area contributed by atoms with E-state index in [0.29, 0.717) is 0 Å². The minimum absolute atomic E-state index is 0.0339. The van der Waals surface area contributed by atoms with Crippen LogP contribution in [0.2, 0.25) is 5.02 Å². The quantitative estimate of drug-likeness (QED) is 0.837. The van der Waals surface area contributed by atoms with Gasteiger partial charge in [0, 0.05) is 11.1 Å². The van der Waals surface area contributed by atoms with E-state index >= 15 is 0 Å². The van der Waals surface area contributed by atoms with Crippen molar-refractivity contribution in [2.75, 3.05) is 0 Å². The minimum atomic E-state index is -0.0339. The van der Waals surface area contributed by atoms with Gasteiger partial charge in [0.05, 0.1) is 0 Å². The molecule has 2 heteroatoms. The van der Waals surface area contributed by atoms with Gasteiger partial charge in [-0.2, -0.15) is 0 Å². The molecular weight excluding hydrogens is 230 g/mol. The Morgan fingerprint density at radius 2 is 1.82 bits per heavy atom. The van der Waals surface area contributed by atoms with Crippen LogP contribution in [0.15, 0.2) is 42.5 Å². The lowest BCUT2D eigenvalue weighted by atomic mass is 9.98. The summed E-state index contributed by atoms with van der Waals surface area (Å²) in [6, 6.07) is 14.3. The van der Waals surface area contributed by atoms with E-state index in [0.717, 1.165) is 16.1 Å². The first-order valence-electron chi connectivity index (χ1n) is 5.70. The van der Waals surface area contributed by atoms with Crippen LogP contribution < -0.4 is 5.73 Å². The van der Waals surface area contributed by atoms with Crippen LogP contribution in [0, 0.1) is 6.92 Å². The van der Waals surface area contributed by atoms with Gasteiger partial charge in [-0.15, -0.1) is 0 Å². The van der Waals surface area contributed by atoms with Crippen molar-refractivity contribution in [2.45, 2.75) is 19.9 Å². The van der Waals surface area contributed by atoms with E-state index in [1.165, 1.54) is 11.1 Å². The smallest absolute Gasteiger partial charge is 0.0459 e. The van der Waals surface area contributed by atoms with E-state index in [4.69, 9.17) is 17.3 Å². The fraction of sp³-hybridized carbons (Fsp3) is 0.200. The van der Waals surface area contributed by atoms with Crippen molar-refractivity contribution in [2.24, 2.45) is 5.73 Å². The Morgan fingerprint density at radius 3 is 2.41 bits per heavy atom. The fourth-order valence-electron chi connectivity index (χ4n) is 1.96. The zero-order valence-electron chi connectivity index (χ0n) is 10.1. The van der Waals surface area contributed by atoms with Gasteiger partial charge in [-0.25, -0.2) is 0 Å². The number of benzene rings is 2. The summed E-state index contributed by atoms with van der Waals surface area (Å²) in [6.07, 6.45) is 0. The third-order valence-corrected chi connectivity index (χ3v) is 3.27. The zero-order chi connectivity index (χ0) is 12.4. The van der Waals surface area contributed by atoms with E-state index < -0.39 is 0 Å². The SMILES string of the molecule is Cc1ccccc1-c1ccc(C(C)N)c(Cl)c1. The van der Waals surface area contributed by atoms with Crippen molar-refractivity contribution in [3.05, 3.63) is 58.6 Å². The molecule has 2 rings (SSSR count). The largest absolute Gasteiger partial charge is 0.324 e. The molecular formula is C15H16ClN. The highest BCUT2D eigenvalue weighted by Gasteiger charge is 2.08. The standard InChI is InChI=1S/C15H16ClN/c1-10-5-3-4-6-13(10)12-7-8-14(11(2)17)15(16)9-12/h3-9,11H,17H2,1-2H3. The van der Waals surface area contributed by atoms with Crippen LogP contribution in [0.5, 0.6) is 0 Å². The van der Waals surface area contributed by atoms with Gasteiger partial charge in [0.15, 0.2) is 0 Å². The molecule has 88 valence electrons. The maximum absolute atomic E-state index is 6.25. The predicted octanol–water partition coefficient (Wildman–Crippen LogP) is 4.34. The average Bonchev–Trinajstić information content (AvgIpc) is 2.29. The molecule has 1 nitrogen and oxygen atoms in total. The van der Waals surface area contributed by atoms with Gasteiger partial charge in [-0.3, -0.25) is 0 Å². The summed E-state index contributed by atoms with van der Waals surface area (Å²) in [7, 11) is 0. The summed E-state index contributed by atoms with van der Waals surface area (Å²) in [5.74, 6) is 0. The minimum Gasteiger partial charge on any atom is -0.324 e. The Morgan fingerprint density at radius 1 is 1.12 bits per heavy atom. The van der Waals surface area contributed by atoms with Gasteiger partial charge in [0.25, 0.3) is 0 Å². The van der Waals surface area contributed by atoms with Gasteiger partial charge in [0.1, 0.15) is 0 Å². The van der Waals surface area contributed by atoms with E-state index in [-0.39, 0.29) is 6.04 Å². The maximum atomic E-state index is 6.25. The maximum Gasteiger partial charge on any atom is 0.0459 e. The predicted molar refractivity (Wildman–Crippen MR) is 74.2 cm³/mol. The molecule has 17 heavy (non-hydrogen) atoms. The number of hydrogen-bond acceptors (Lipinski definition) is 1. The van der Waals surface area contributed by atoms with Gasteiger partial charge in [-0.05, 0) is 42.2 Å². The Bertz CT molecular complexity index is 532. The highest BCUT2D eigenvalue weighted by molar-refractivity contribution is 6.31. The topological polar surface area (TPSA) is 26.0 Å². The van der Waals surface area contributed by atoms with Crippen molar-refractivity contribution in [1.82, 2.24) is 0 Å². The lowest BCUT2D eigenvalue weighted by Crippen LogP contribution is -2.05. The second kappa shape index (κ2) is 4.91. The van der Waals surface area contributed by atoms with E-state index in [9.17, 15) is 0 Å². The van der Waals surface area contributed by atoms with Gasteiger partial charge < -0.3 is 5.73 Å². The number of rotatable bonds is 2. The van der Waals surface area contributed by atoms with E-state index in [1.54, 1.807) is 0 Å². The number of nitrogens with two attached hydrogens (primary N) is 1. The van der Waals surface area contributed by atoms with Crippen molar-refractivity contribution in [1.29, 1.82) is 0 Å². The molecule has 1 atom stereocenters. The van der Waals surface area contributed by atoms with E-state index in [2.05, 4.69) is 25.1 Å². The lowest BCUT2D eigenvalue weighted by Gasteiger charge is -2.11. The van der Waals surface area contributed by atoms with Crippen molar-refractivity contribution < 1.29 is 0 Å². The molecule has 2 aromatic carbocycles.